The van der Waals surface area contributed by atoms with Crippen molar-refractivity contribution in [2.75, 3.05) is 11.9 Å². The van der Waals surface area contributed by atoms with Crippen LogP contribution < -0.4 is 10.6 Å². The molecule has 3 N–H and O–H groups in total. The molecule has 0 bridgehead atoms. The number of amides is 2. The highest BCUT2D eigenvalue weighted by molar-refractivity contribution is 7.13. The van der Waals surface area contributed by atoms with E-state index in [0.717, 1.165) is 17.2 Å². The van der Waals surface area contributed by atoms with E-state index >= 15 is 0 Å². The highest BCUT2D eigenvalue weighted by atomic mass is 32.1. The van der Waals surface area contributed by atoms with Gasteiger partial charge in [0.2, 0.25) is 0 Å². The molecule has 0 radical (unpaired) electrons. The summed E-state index contributed by atoms with van der Waals surface area (Å²) in [6, 6.07) is 12.2. The number of hydrogen-bond donors (Lipinski definition) is 3. The number of carbonyl (C=O) groups is 2. The number of carboxylic acid groups (broad SMARTS) is 1. The van der Waals surface area contributed by atoms with Crippen molar-refractivity contribution in [3.8, 4) is 21.7 Å². The number of thiazole rings is 1. The van der Waals surface area contributed by atoms with Crippen LogP contribution in [0, 0.1) is 5.82 Å². The van der Waals surface area contributed by atoms with E-state index < -0.39 is 25.9 Å². The summed E-state index contributed by atoms with van der Waals surface area (Å²) in [7, 11) is -1.15. The molecule has 4 aromatic rings. The maximum atomic E-state index is 14.1. The van der Waals surface area contributed by atoms with Crippen LogP contribution in [0.5, 0.6) is 0 Å². The lowest BCUT2D eigenvalue weighted by Gasteiger charge is -2.15. The first-order valence-electron chi connectivity index (χ1n) is 12.3. The number of halogens is 1. The van der Waals surface area contributed by atoms with Crippen molar-refractivity contribution < 1.29 is 23.8 Å². The minimum absolute atomic E-state index is 0.152. The van der Waals surface area contributed by atoms with Crippen LogP contribution in [-0.2, 0) is 18.0 Å². The van der Waals surface area contributed by atoms with E-state index in [1.165, 1.54) is 29.5 Å². The van der Waals surface area contributed by atoms with E-state index in [1.54, 1.807) is 40.5 Å². The molecule has 0 atom stereocenters. The van der Waals surface area contributed by atoms with Crippen molar-refractivity contribution in [3.05, 3.63) is 77.3 Å². The zero-order valence-electron chi connectivity index (χ0n) is 21.9. The fourth-order valence-electron chi connectivity index (χ4n) is 3.62. The first-order valence-corrected chi connectivity index (χ1v) is 16.9. The number of anilines is 1. The Labute approximate surface area is 230 Å². The van der Waals surface area contributed by atoms with Gasteiger partial charge in [0.25, 0.3) is 5.91 Å². The van der Waals surface area contributed by atoms with Crippen molar-refractivity contribution in [2.24, 2.45) is 0 Å². The molecule has 0 spiro atoms. The number of rotatable bonds is 11. The van der Waals surface area contributed by atoms with Crippen molar-refractivity contribution in [2.45, 2.75) is 39.0 Å². The van der Waals surface area contributed by atoms with Gasteiger partial charge in [0.15, 0.2) is 0 Å². The Kier molecular flexibility index (Phi) is 8.89. The Morgan fingerprint density at radius 3 is 2.62 bits per heavy atom. The second kappa shape index (κ2) is 12.3. The molecule has 204 valence electrons. The molecule has 0 aliphatic carbocycles. The summed E-state index contributed by atoms with van der Waals surface area (Å²) in [4.78, 5) is 28.2. The van der Waals surface area contributed by atoms with E-state index in [-0.39, 0.29) is 12.2 Å². The quantitative estimate of drug-likeness (QED) is 0.148. The van der Waals surface area contributed by atoms with Gasteiger partial charge in [0.1, 0.15) is 23.2 Å². The van der Waals surface area contributed by atoms with Crippen LogP contribution in [0.1, 0.15) is 16.1 Å². The molecule has 9 nitrogen and oxygen atoms in total. The molecule has 2 aromatic heterocycles. The largest absolute Gasteiger partial charge is 0.465 e. The van der Waals surface area contributed by atoms with Gasteiger partial charge in [-0.25, -0.2) is 18.9 Å². The van der Waals surface area contributed by atoms with Crippen molar-refractivity contribution in [3.63, 3.8) is 0 Å². The lowest BCUT2D eigenvalue weighted by molar-refractivity contribution is 0.0786. The average molecular weight is 568 g/mol. The van der Waals surface area contributed by atoms with E-state index in [0.29, 0.717) is 35.2 Å². The van der Waals surface area contributed by atoms with Gasteiger partial charge >= 0.3 is 6.09 Å². The predicted molar refractivity (Wildman–Crippen MR) is 152 cm³/mol. The van der Waals surface area contributed by atoms with E-state index in [1.807, 2.05) is 6.20 Å². The Morgan fingerprint density at radius 2 is 1.90 bits per heavy atom. The molecular formula is C27H30FN5O4SSi. The third-order valence-corrected chi connectivity index (χ3v) is 8.37. The smallest absolute Gasteiger partial charge is 0.404 e. The molecule has 0 aliphatic heterocycles. The van der Waals surface area contributed by atoms with Gasteiger partial charge in [0.05, 0.1) is 6.20 Å². The van der Waals surface area contributed by atoms with Gasteiger partial charge in [0, 0.05) is 49.6 Å². The van der Waals surface area contributed by atoms with Crippen LogP contribution in [-0.4, -0.2) is 46.6 Å². The molecule has 2 aromatic carbocycles. The first kappa shape index (κ1) is 28.1. The van der Waals surface area contributed by atoms with Crippen LogP contribution in [0.2, 0.25) is 25.7 Å². The number of nitrogens with one attached hydrogen (secondary N) is 2. The molecule has 0 saturated heterocycles. The highest BCUT2D eigenvalue weighted by Gasteiger charge is 2.17. The minimum Gasteiger partial charge on any atom is -0.465 e. The van der Waals surface area contributed by atoms with E-state index in [4.69, 9.17) is 9.84 Å². The summed E-state index contributed by atoms with van der Waals surface area (Å²) in [5.41, 5.74) is 3.36. The summed E-state index contributed by atoms with van der Waals surface area (Å²) in [5, 5.41) is 20.6. The van der Waals surface area contributed by atoms with Gasteiger partial charge in [-0.3, -0.25) is 4.79 Å². The number of aromatic nitrogens is 3. The van der Waals surface area contributed by atoms with Crippen molar-refractivity contribution in [1.82, 2.24) is 20.1 Å². The molecule has 2 amide bonds. The summed E-state index contributed by atoms with van der Waals surface area (Å²) in [6.07, 6.45) is 2.41. The first-order chi connectivity index (χ1) is 18.6. The molecule has 2 heterocycles. The minimum atomic E-state index is -1.15. The maximum Gasteiger partial charge on any atom is 0.404 e. The molecule has 0 aliphatic rings. The summed E-state index contributed by atoms with van der Waals surface area (Å²) < 4.78 is 21.6. The Hall–Kier alpha value is -3.87. The number of hydrogen-bond acceptors (Lipinski definition) is 6. The second-order valence-corrected chi connectivity index (χ2v) is 16.6. The fraction of sp³-hybridized carbons (Fsp3) is 0.259. The number of carbonyl (C=O) groups excluding carboxylic acids is 1. The third kappa shape index (κ3) is 8.06. The molecule has 4 rings (SSSR count). The number of nitrogens with zero attached hydrogens (tertiary/aromatic N) is 3. The van der Waals surface area contributed by atoms with Gasteiger partial charge < -0.3 is 20.5 Å². The van der Waals surface area contributed by atoms with Gasteiger partial charge in [-0.2, -0.15) is 5.10 Å². The number of ether oxygens (including phenoxy) is 1. The van der Waals surface area contributed by atoms with Crippen LogP contribution in [0.3, 0.4) is 0 Å². The fourth-order valence-corrected chi connectivity index (χ4v) is 5.15. The molecule has 0 saturated carbocycles. The van der Waals surface area contributed by atoms with Gasteiger partial charge in [-0.05, 0) is 35.4 Å². The van der Waals surface area contributed by atoms with E-state index in [9.17, 15) is 14.0 Å². The normalized spacial score (nSPS) is 11.4. The summed E-state index contributed by atoms with van der Waals surface area (Å²) >= 11 is 1.33. The van der Waals surface area contributed by atoms with Crippen LogP contribution >= 0.6 is 11.3 Å². The van der Waals surface area contributed by atoms with Gasteiger partial charge in [-0.1, -0.05) is 43.9 Å². The molecule has 0 fully saturated rings. The summed E-state index contributed by atoms with van der Waals surface area (Å²) in [5.74, 6) is -0.869. The second-order valence-electron chi connectivity index (χ2n) is 10.2. The molecular weight excluding hydrogens is 537 g/mol. The third-order valence-electron chi connectivity index (χ3n) is 5.78. The van der Waals surface area contributed by atoms with Crippen molar-refractivity contribution >= 4 is 37.1 Å². The van der Waals surface area contributed by atoms with Crippen LogP contribution in [0.4, 0.5) is 14.9 Å². The lowest BCUT2D eigenvalue weighted by Crippen LogP contribution is -2.22. The Bertz CT molecular complexity index is 1450. The lowest BCUT2D eigenvalue weighted by atomic mass is 10.0. The topological polar surface area (TPSA) is 118 Å². The zero-order chi connectivity index (χ0) is 28.0. The molecule has 39 heavy (non-hydrogen) atoms. The Morgan fingerprint density at radius 1 is 1.13 bits per heavy atom. The zero-order valence-corrected chi connectivity index (χ0v) is 23.7. The number of benzene rings is 2. The SMILES string of the molecule is C[Si](C)(C)CCOCn1cc(-c2nc(C(=O)Nc3ccc(F)cc3-c3ccc(CNC(=O)O)cc3)cs2)cn1. The Balaban J connectivity index is 1.42. The van der Waals surface area contributed by atoms with Crippen molar-refractivity contribution in [1.29, 1.82) is 0 Å². The monoisotopic (exact) mass is 567 g/mol. The summed E-state index contributed by atoms with van der Waals surface area (Å²) in [6.45, 7) is 8.11. The maximum absolute atomic E-state index is 14.1. The molecule has 12 heteroatoms. The van der Waals surface area contributed by atoms with Gasteiger partial charge in [-0.15, -0.1) is 11.3 Å². The van der Waals surface area contributed by atoms with Crippen LogP contribution in [0.15, 0.2) is 60.2 Å². The average Bonchev–Trinajstić information content (AvgIpc) is 3.56. The highest BCUT2D eigenvalue weighted by Crippen LogP contribution is 2.30. The molecule has 0 unspecified atom stereocenters. The van der Waals surface area contributed by atoms with Crippen LogP contribution in [0.25, 0.3) is 21.7 Å². The standard InChI is InChI=1S/C27H30FN5O4SSi/c1-39(2,3)11-10-37-17-33-15-20(14-30-33)26-32-24(16-38-26)25(34)31-23-9-8-21(28)12-22(23)19-6-4-18(5-7-19)13-29-27(35)36/h4-9,12,14-16,29H,10-11,13,17H2,1-3H3,(H,31,34)(H,35,36). The predicted octanol–water partition coefficient (Wildman–Crippen LogP) is 6.14. The van der Waals surface area contributed by atoms with E-state index in [2.05, 4.69) is 40.4 Å².